The lowest BCUT2D eigenvalue weighted by molar-refractivity contribution is 0.269. The summed E-state index contributed by atoms with van der Waals surface area (Å²) in [6.45, 7) is 5.27. The minimum Gasteiger partial charge on any atom is -0.207 e. The van der Waals surface area contributed by atoms with Crippen LogP contribution in [0, 0.1) is 12.8 Å². The number of hydrogen-bond donors (Lipinski definition) is 0. The summed E-state index contributed by atoms with van der Waals surface area (Å²) in [6.07, 6.45) is 3.06. The van der Waals surface area contributed by atoms with Gasteiger partial charge in [0.15, 0.2) is 0 Å². The van der Waals surface area contributed by atoms with Crippen molar-refractivity contribution in [1.29, 1.82) is 0 Å². The molecule has 1 heterocycles. The van der Waals surface area contributed by atoms with Gasteiger partial charge in [-0.2, -0.15) is 4.31 Å². The molecule has 112 valence electrons. The van der Waals surface area contributed by atoms with E-state index in [1.807, 2.05) is 19.1 Å². The molecule has 1 aromatic carbocycles. The van der Waals surface area contributed by atoms with E-state index in [0.717, 1.165) is 30.4 Å². The molecule has 0 saturated carbocycles. The molecule has 2 rings (SSSR count). The average Bonchev–Trinajstić information content (AvgIpc) is 2.47. The summed E-state index contributed by atoms with van der Waals surface area (Å²) in [5.41, 5.74) is 1.63. The van der Waals surface area contributed by atoms with Crippen molar-refractivity contribution >= 4 is 21.6 Å². The van der Waals surface area contributed by atoms with E-state index in [0.29, 0.717) is 29.8 Å². The van der Waals surface area contributed by atoms with Crippen LogP contribution in [0.15, 0.2) is 23.1 Å². The summed E-state index contributed by atoms with van der Waals surface area (Å²) in [4.78, 5) is 0.408. The first kappa shape index (κ1) is 15.8. The third-order valence-corrected chi connectivity index (χ3v) is 6.52. The van der Waals surface area contributed by atoms with Crippen LogP contribution in [-0.2, 0) is 15.9 Å². The molecule has 5 heteroatoms. The third-order valence-electron chi connectivity index (χ3n) is 4.18. The molecule has 0 aromatic heterocycles. The third kappa shape index (κ3) is 3.18. The van der Waals surface area contributed by atoms with Crippen molar-refractivity contribution in [2.75, 3.05) is 13.1 Å². The van der Waals surface area contributed by atoms with Crippen molar-refractivity contribution in [2.45, 2.75) is 43.9 Å². The molecule has 0 amide bonds. The van der Waals surface area contributed by atoms with Crippen LogP contribution in [0.3, 0.4) is 0 Å². The lowest BCUT2D eigenvalue weighted by Gasteiger charge is -2.31. The SMILES string of the molecule is CCC1CCN(S(=O)(=O)c2cc(CCl)ccc2C)CC1. The molecule has 0 radical (unpaired) electrons. The lowest BCUT2D eigenvalue weighted by atomic mass is 9.96. The largest absolute Gasteiger partial charge is 0.243 e. The molecule has 0 atom stereocenters. The number of rotatable bonds is 4. The maximum atomic E-state index is 12.8. The molecule has 3 nitrogen and oxygen atoms in total. The van der Waals surface area contributed by atoms with Gasteiger partial charge in [0.1, 0.15) is 0 Å². The van der Waals surface area contributed by atoms with Gasteiger partial charge in [-0.15, -0.1) is 11.6 Å². The summed E-state index contributed by atoms with van der Waals surface area (Å²) < 4.78 is 27.1. The Morgan fingerprint density at radius 2 is 1.95 bits per heavy atom. The van der Waals surface area contributed by atoms with E-state index >= 15 is 0 Å². The van der Waals surface area contributed by atoms with Crippen molar-refractivity contribution in [3.05, 3.63) is 29.3 Å². The van der Waals surface area contributed by atoms with Crippen LogP contribution >= 0.6 is 11.6 Å². The lowest BCUT2D eigenvalue weighted by Crippen LogP contribution is -2.38. The van der Waals surface area contributed by atoms with Crippen LogP contribution in [0.4, 0.5) is 0 Å². The summed E-state index contributed by atoms with van der Waals surface area (Å²) in [7, 11) is -3.38. The molecule has 1 aromatic rings. The second-order valence-corrected chi connectivity index (χ2v) is 7.66. The van der Waals surface area contributed by atoms with Gasteiger partial charge in [-0.05, 0) is 42.9 Å². The predicted molar refractivity (Wildman–Crippen MR) is 82.5 cm³/mol. The van der Waals surface area contributed by atoms with Gasteiger partial charge < -0.3 is 0 Å². The highest BCUT2D eigenvalue weighted by Gasteiger charge is 2.29. The highest BCUT2D eigenvalue weighted by atomic mass is 35.5. The van der Waals surface area contributed by atoms with Crippen LogP contribution in [0.2, 0.25) is 0 Å². The van der Waals surface area contributed by atoms with Crippen molar-refractivity contribution in [3.63, 3.8) is 0 Å². The maximum Gasteiger partial charge on any atom is 0.243 e. The van der Waals surface area contributed by atoms with E-state index in [-0.39, 0.29) is 0 Å². The number of alkyl halides is 1. The van der Waals surface area contributed by atoms with Gasteiger partial charge in [-0.3, -0.25) is 0 Å². The van der Waals surface area contributed by atoms with Gasteiger partial charge in [0.25, 0.3) is 0 Å². The van der Waals surface area contributed by atoms with Crippen molar-refractivity contribution in [1.82, 2.24) is 4.31 Å². The van der Waals surface area contributed by atoms with Crippen LogP contribution in [0.5, 0.6) is 0 Å². The Labute approximate surface area is 127 Å². The van der Waals surface area contributed by atoms with E-state index < -0.39 is 10.0 Å². The molecule has 1 fully saturated rings. The second kappa shape index (κ2) is 6.46. The van der Waals surface area contributed by atoms with Crippen LogP contribution in [0.25, 0.3) is 0 Å². The quantitative estimate of drug-likeness (QED) is 0.797. The Morgan fingerprint density at radius 3 is 2.50 bits per heavy atom. The van der Waals surface area contributed by atoms with Gasteiger partial charge >= 0.3 is 0 Å². The highest BCUT2D eigenvalue weighted by Crippen LogP contribution is 2.27. The molecule has 0 spiro atoms. The van der Waals surface area contributed by atoms with Crippen molar-refractivity contribution in [3.8, 4) is 0 Å². The topological polar surface area (TPSA) is 37.4 Å². The van der Waals surface area contributed by atoms with E-state index in [4.69, 9.17) is 11.6 Å². The number of sulfonamides is 1. The number of nitrogens with zero attached hydrogens (tertiary/aromatic N) is 1. The molecule has 1 aliphatic heterocycles. The van der Waals surface area contributed by atoms with Gasteiger partial charge in [0, 0.05) is 19.0 Å². The maximum absolute atomic E-state index is 12.8. The number of aryl methyl sites for hydroxylation is 1. The molecule has 0 aliphatic carbocycles. The number of benzene rings is 1. The molecule has 0 N–H and O–H groups in total. The molecular weight excluding hydrogens is 294 g/mol. The zero-order valence-electron chi connectivity index (χ0n) is 12.1. The molecule has 1 saturated heterocycles. The van der Waals surface area contributed by atoms with Gasteiger partial charge in [0.2, 0.25) is 10.0 Å². The summed E-state index contributed by atoms with van der Waals surface area (Å²) in [6, 6.07) is 5.43. The smallest absolute Gasteiger partial charge is 0.207 e. The molecule has 0 unspecified atom stereocenters. The van der Waals surface area contributed by atoms with E-state index in [1.165, 1.54) is 0 Å². The Bertz CT molecular complexity index is 563. The Kier molecular flexibility index (Phi) is 5.10. The van der Waals surface area contributed by atoms with Gasteiger partial charge in [0.05, 0.1) is 4.90 Å². The summed E-state index contributed by atoms with van der Waals surface area (Å²) in [5.74, 6) is 0.998. The Hall–Kier alpha value is -0.580. The highest BCUT2D eigenvalue weighted by molar-refractivity contribution is 7.89. The summed E-state index contributed by atoms with van der Waals surface area (Å²) in [5, 5.41) is 0. The van der Waals surface area contributed by atoms with Gasteiger partial charge in [-0.25, -0.2) is 8.42 Å². The van der Waals surface area contributed by atoms with Crippen molar-refractivity contribution in [2.24, 2.45) is 5.92 Å². The monoisotopic (exact) mass is 315 g/mol. The average molecular weight is 316 g/mol. The first-order valence-corrected chi connectivity index (χ1v) is 9.12. The van der Waals surface area contributed by atoms with E-state index in [1.54, 1.807) is 10.4 Å². The molecule has 0 bridgehead atoms. The Balaban J connectivity index is 2.27. The Morgan fingerprint density at radius 1 is 1.30 bits per heavy atom. The molecule has 20 heavy (non-hydrogen) atoms. The fraction of sp³-hybridized carbons (Fsp3) is 0.600. The summed E-state index contributed by atoms with van der Waals surface area (Å²) >= 11 is 5.82. The fourth-order valence-electron chi connectivity index (χ4n) is 2.70. The van der Waals surface area contributed by atoms with Crippen LogP contribution < -0.4 is 0 Å². The van der Waals surface area contributed by atoms with E-state index in [2.05, 4.69) is 6.92 Å². The molecular formula is C15H22ClNO2S. The van der Waals surface area contributed by atoms with Crippen molar-refractivity contribution < 1.29 is 8.42 Å². The predicted octanol–water partition coefficient (Wildman–Crippen LogP) is 3.54. The minimum absolute atomic E-state index is 0.334. The zero-order chi connectivity index (χ0) is 14.8. The number of piperidine rings is 1. The first-order valence-electron chi connectivity index (χ1n) is 7.14. The standard InChI is InChI=1S/C15H22ClNO2S/c1-3-13-6-8-17(9-7-13)20(18,19)15-10-14(11-16)5-4-12(15)2/h4-5,10,13H,3,6-9,11H2,1-2H3. The minimum atomic E-state index is -3.38. The first-order chi connectivity index (χ1) is 9.48. The zero-order valence-corrected chi connectivity index (χ0v) is 13.7. The number of halogens is 1. The number of hydrogen-bond acceptors (Lipinski definition) is 2. The second-order valence-electron chi connectivity index (χ2n) is 5.49. The van der Waals surface area contributed by atoms with Gasteiger partial charge in [-0.1, -0.05) is 25.5 Å². The fourth-order valence-corrected chi connectivity index (χ4v) is 4.61. The van der Waals surface area contributed by atoms with Crippen LogP contribution in [-0.4, -0.2) is 25.8 Å². The van der Waals surface area contributed by atoms with E-state index in [9.17, 15) is 8.42 Å². The van der Waals surface area contributed by atoms with Crippen LogP contribution in [0.1, 0.15) is 37.3 Å². The normalized spacial score (nSPS) is 18.4. The molecule has 1 aliphatic rings.